The average Bonchev–Trinajstić information content (AvgIpc) is 2.49. The van der Waals surface area contributed by atoms with Gasteiger partial charge in [0.15, 0.2) is 5.72 Å². The zero-order valence-electron chi connectivity index (χ0n) is 14.5. The van der Waals surface area contributed by atoms with E-state index in [0.29, 0.717) is 0 Å². The van der Waals surface area contributed by atoms with Crippen molar-refractivity contribution in [1.29, 1.82) is 0 Å². The van der Waals surface area contributed by atoms with Crippen LogP contribution in [-0.2, 0) is 14.4 Å². The maximum atomic E-state index is 12.3. The third-order valence-corrected chi connectivity index (χ3v) is 4.13. The van der Waals surface area contributed by atoms with Gasteiger partial charge in [-0.2, -0.15) is 5.06 Å². The van der Waals surface area contributed by atoms with E-state index < -0.39 is 22.2 Å². The Morgan fingerprint density at radius 1 is 1.19 bits per heavy atom. The zero-order chi connectivity index (χ0) is 16.9. The van der Waals surface area contributed by atoms with E-state index in [1.165, 1.54) is 6.92 Å². The summed E-state index contributed by atoms with van der Waals surface area (Å²) in [4.78, 5) is 29.9. The van der Waals surface area contributed by atoms with Gasteiger partial charge in [-0.3, -0.25) is 14.4 Å². The van der Waals surface area contributed by atoms with Crippen LogP contribution in [0.3, 0.4) is 0 Å². The molecule has 1 saturated heterocycles. The van der Waals surface area contributed by atoms with Crippen molar-refractivity contribution in [2.75, 3.05) is 0 Å². The highest BCUT2D eigenvalue weighted by Crippen LogP contribution is 2.48. The predicted octanol–water partition coefficient (Wildman–Crippen LogP) is 2.67. The molecule has 1 aliphatic rings. The SMILES string of the molecule is CC(=O)N1O[C@](C)(CC(=O)C(C)(C)C)C[C@]1(O)C(C)(C)C. The van der Waals surface area contributed by atoms with Crippen molar-refractivity contribution in [2.45, 2.75) is 79.6 Å². The molecule has 0 saturated carbocycles. The minimum Gasteiger partial charge on any atom is -0.368 e. The first-order valence-electron chi connectivity index (χ1n) is 7.38. The lowest BCUT2D eigenvalue weighted by molar-refractivity contribution is -0.275. The zero-order valence-corrected chi connectivity index (χ0v) is 14.5. The molecule has 0 aromatic rings. The van der Waals surface area contributed by atoms with Gasteiger partial charge in [-0.25, -0.2) is 0 Å². The third-order valence-electron chi connectivity index (χ3n) is 4.13. The quantitative estimate of drug-likeness (QED) is 0.851. The summed E-state index contributed by atoms with van der Waals surface area (Å²) in [6.45, 7) is 14.2. The van der Waals surface area contributed by atoms with Crippen LogP contribution in [0.1, 0.15) is 68.2 Å². The molecule has 1 amide bonds. The largest absolute Gasteiger partial charge is 0.368 e. The average molecular weight is 299 g/mol. The number of hydrogen-bond donors (Lipinski definition) is 1. The lowest BCUT2D eigenvalue weighted by Crippen LogP contribution is -2.54. The molecule has 1 aliphatic heterocycles. The van der Waals surface area contributed by atoms with Crippen LogP contribution in [0.15, 0.2) is 0 Å². The van der Waals surface area contributed by atoms with Crippen LogP contribution in [-0.4, -0.2) is 33.2 Å². The predicted molar refractivity (Wildman–Crippen MR) is 80.1 cm³/mol. The van der Waals surface area contributed by atoms with Gasteiger partial charge in [0.05, 0.1) is 0 Å². The first kappa shape index (κ1) is 18.1. The maximum absolute atomic E-state index is 12.3. The molecule has 21 heavy (non-hydrogen) atoms. The first-order chi connectivity index (χ1) is 9.12. The highest BCUT2D eigenvalue weighted by molar-refractivity contribution is 5.84. The number of carbonyl (C=O) groups excluding carboxylic acids is 2. The molecule has 1 N–H and O–H groups in total. The summed E-state index contributed by atoms with van der Waals surface area (Å²) in [6.07, 6.45) is 0.379. The Morgan fingerprint density at radius 3 is 1.95 bits per heavy atom. The number of aliphatic hydroxyl groups is 1. The monoisotopic (exact) mass is 299 g/mol. The van der Waals surface area contributed by atoms with Crippen molar-refractivity contribution in [2.24, 2.45) is 10.8 Å². The van der Waals surface area contributed by atoms with Crippen molar-refractivity contribution in [3.05, 3.63) is 0 Å². The van der Waals surface area contributed by atoms with E-state index in [9.17, 15) is 14.7 Å². The molecule has 1 heterocycles. The van der Waals surface area contributed by atoms with Crippen molar-refractivity contribution in [3.8, 4) is 0 Å². The fourth-order valence-electron chi connectivity index (χ4n) is 2.52. The molecule has 0 radical (unpaired) electrons. The molecular weight excluding hydrogens is 270 g/mol. The number of rotatable bonds is 2. The molecule has 0 aliphatic carbocycles. The minimum absolute atomic E-state index is 0.0478. The van der Waals surface area contributed by atoms with Gasteiger partial charge in [-0.15, -0.1) is 0 Å². The number of carbonyl (C=O) groups is 2. The lowest BCUT2D eigenvalue weighted by atomic mass is 9.75. The molecule has 0 spiro atoms. The van der Waals surface area contributed by atoms with Crippen LogP contribution in [0, 0.1) is 10.8 Å². The highest BCUT2D eigenvalue weighted by atomic mass is 16.7. The molecule has 5 heteroatoms. The third kappa shape index (κ3) is 3.46. The lowest BCUT2D eigenvalue weighted by Gasteiger charge is -2.40. The molecule has 1 rings (SSSR count). The summed E-state index contributed by atoms with van der Waals surface area (Å²) in [5.41, 5.74) is -3.36. The van der Waals surface area contributed by atoms with Gasteiger partial charge >= 0.3 is 0 Å². The van der Waals surface area contributed by atoms with E-state index in [1.807, 2.05) is 41.5 Å². The summed E-state index contributed by atoms with van der Waals surface area (Å²) in [5.74, 6) is -0.314. The number of hydrogen-bond acceptors (Lipinski definition) is 4. The van der Waals surface area contributed by atoms with Gasteiger partial charge in [0.2, 0.25) is 5.91 Å². The second kappa shape index (κ2) is 5.06. The van der Waals surface area contributed by atoms with Crippen LogP contribution in [0.25, 0.3) is 0 Å². The van der Waals surface area contributed by atoms with Gasteiger partial charge in [-0.05, 0) is 6.92 Å². The Bertz CT molecular complexity index is 446. The first-order valence-corrected chi connectivity index (χ1v) is 7.38. The number of ketones is 1. The Morgan fingerprint density at radius 2 is 1.67 bits per heavy atom. The van der Waals surface area contributed by atoms with E-state index >= 15 is 0 Å². The summed E-state index contributed by atoms with van der Waals surface area (Å²) in [6, 6.07) is 0. The molecular formula is C16H29NO4. The summed E-state index contributed by atoms with van der Waals surface area (Å²) >= 11 is 0. The van der Waals surface area contributed by atoms with Gasteiger partial charge < -0.3 is 5.11 Å². The van der Waals surface area contributed by atoms with Crippen LogP contribution < -0.4 is 0 Å². The van der Waals surface area contributed by atoms with E-state index in [1.54, 1.807) is 6.92 Å². The van der Waals surface area contributed by atoms with Crippen LogP contribution in [0.5, 0.6) is 0 Å². The number of Topliss-reactive ketones (excluding diaryl/α,β-unsaturated/α-hetero) is 1. The Labute approximate surface area is 127 Å². The second-order valence-electron chi connectivity index (χ2n) is 8.45. The second-order valence-corrected chi connectivity index (χ2v) is 8.45. The molecule has 1 fully saturated rings. The number of amides is 1. The van der Waals surface area contributed by atoms with E-state index in [-0.39, 0.29) is 24.5 Å². The smallest absolute Gasteiger partial charge is 0.245 e. The molecule has 0 aromatic heterocycles. The van der Waals surface area contributed by atoms with E-state index in [2.05, 4.69) is 0 Å². The number of nitrogens with zero attached hydrogens (tertiary/aromatic N) is 1. The van der Waals surface area contributed by atoms with Crippen molar-refractivity contribution >= 4 is 11.7 Å². The molecule has 0 bridgehead atoms. The number of hydroxylamine groups is 2. The van der Waals surface area contributed by atoms with Gasteiger partial charge in [0, 0.05) is 30.6 Å². The van der Waals surface area contributed by atoms with Crippen LogP contribution in [0.2, 0.25) is 0 Å². The van der Waals surface area contributed by atoms with E-state index in [0.717, 1.165) is 5.06 Å². The maximum Gasteiger partial charge on any atom is 0.245 e. The van der Waals surface area contributed by atoms with Gasteiger partial charge in [-0.1, -0.05) is 41.5 Å². The van der Waals surface area contributed by atoms with Crippen LogP contribution >= 0.6 is 0 Å². The van der Waals surface area contributed by atoms with Gasteiger partial charge in [0.1, 0.15) is 11.4 Å². The fourth-order valence-corrected chi connectivity index (χ4v) is 2.52. The van der Waals surface area contributed by atoms with Crippen molar-refractivity contribution in [3.63, 3.8) is 0 Å². The normalized spacial score (nSPS) is 30.6. The van der Waals surface area contributed by atoms with E-state index in [4.69, 9.17) is 4.84 Å². The molecule has 0 aromatic carbocycles. The summed E-state index contributed by atoms with van der Waals surface area (Å²) in [5, 5.41) is 12.0. The molecule has 0 unspecified atom stereocenters. The van der Waals surface area contributed by atoms with Gasteiger partial charge in [0.25, 0.3) is 0 Å². The topological polar surface area (TPSA) is 66.8 Å². The van der Waals surface area contributed by atoms with Crippen molar-refractivity contribution < 1.29 is 19.5 Å². The summed E-state index contributed by atoms with van der Waals surface area (Å²) < 4.78 is 0. The Kier molecular flexibility index (Phi) is 4.36. The standard InChI is InChI=1S/C16H29NO4/c1-11(18)17-16(20,14(5,6)7)10-15(8,21-17)9-12(19)13(2,3)4/h20H,9-10H2,1-8H3/t15-,16+/m1/s1. The highest BCUT2D eigenvalue weighted by Gasteiger charge is 2.59. The summed E-state index contributed by atoms with van der Waals surface area (Å²) in [7, 11) is 0. The fraction of sp³-hybridized carbons (Fsp3) is 0.875. The molecule has 5 nitrogen and oxygen atoms in total. The van der Waals surface area contributed by atoms with Crippen molar-refractivity contribution in [1.82, 2.24) is 5.06 Å². The van der Waals surface area contributed by atoms with Crippen LogP contribution in [0.4, 0.5) is 0 Å². The Balaban J connectivity index is 3.10. The molecule has 2 atom stereocenters. The minimum atomic E-state index is -1.42. The molecule has 122 valence electrons. The Hall–Kier alpha value is -0.940.